The summed E-state index contributed by atoms with van der Waals surface area (Å²) in [7, 11) is -3.24. The first-order valence-electron chi connectivity index (χ1n) is 15.0. The smallest absolute Gasteiger partial charge is 0.481 e. The van der Waals surface area contributed by atoms with Gasteiger partial charge in [-0.15, -0.1) is 0 Å². The molecule has 6 nitrogen and oxygen atoms in total. The van der Waals surface area contributed by atoms with Gasteiger partial charge in [-0.2, -0.15) is 0 Å². The zero-order valence-corrected chi connectivity index (χ0v) is 26.3. The highest BCUT2D eigenvalue weighted by Crippen LogP contribution is 2.29. The fourth-order valence-electron chi connectivity index (χ4n) is 6.49. The zero-order chi connectivity index (χ0) is 30.5. The molecule has 2 saturated heterocycles. The Morgan fingerprint density at radius 1 is 0.349 bits per heavy atom. The molecule has 0 saturated carbocycles. The summed E-state index contributed by atoms with van der Waals surface area (Å²) in [5.41, 5.74) is 12.1. The van der Waals surface area contributed by atoms with E-state index in [9.17, 15) is 0 Å². The molecule has 43 heavy (non-hydrogen) atoms. The Balaban J connectivity index is 1.53. The van der Waals surface area contributed by atoms with Gasteiger partial charge in [0.15, 0.2) is 0 Å². The van der Waals surface area contributed by atoms with Crippen molar-refractivity contribution in [3.63, 3.8) is 0 Å². The highest BCUT2D eigenvalue weighted by Gasteiger charge is 2.55. The molecule has 2 heterocycles. The maximum absolute atomic E-state index is 6.75. The normalized spacial score (nSPS) is 16.7. The van der Waals surface area contributed by atoms with Crippen LogP contribution < -0.4 is 21.9 Å². The van der Waals surface area contributed by atoms with Gasteiger partial charge < -0.3 is 27.4 Å². The van der Waals surface area contributed by atoms with E-state index < -0.39 is 35.4 Å². The van der Waals surface area contributed by atoms with Crippen LogP contribution in [-0.2, 0) is 27.4 Å². The average molecular weight is 571 g/mol. The zero-order valence-electron chi connectivity index (χ0n) is 26.3. The minimum absolute atomic E-state index is 0.811. The molecule has 0 amide bonds. The molecular weight excluding hydrogens is 534 g/mol. The minimum atomic E-state index is -2.87. The van der Waals surface area contributed by atoms with E-state index in [1.165, 1.54) is 0 Å². The van der Waals surface area contributed by atoms with Crippen molar-refractivity contribution in [2.45, 2.75) is 55.4 Å². The standard InChI is InChI=1S/C32H36B5O6/c1-21-13-9-14-22(2)29(21)33-38-34(30-23(3)15-10-16-24(30)4)41-37(40-33)42-35(31-25(5)17-11-18-26(31)6)39-36(43-37)32-27(7)19-12-20-28(32)8/h9-20H,1-8H3/q-1. The van der Waals surface area contributed by atoms with Crippen molar-refractivity contribution in [1.29, 1.82) is 0 Å². The molecule has 0 N–H and O–H groups in total. The summed E-state index contributed by atoms with van der Waals surface area (Å²) >= 11 is 0. The van der Waals surface area contributed by atoms with Crippen LogP contribution in [0.15, 0.2) is 72.8 Å². The van der Waals surface area contributed by atoms with Gasteiger partial charge in [0.05, 0.1) is 0 Å². The molecule has 0 atom stereocenters. The summed E-state index contributed by atoms with van der Waals surface area (Å²) in [6.45, 7) is 13.6. The Morgan fingerprint density at radius 2 is 0.535 bits per heavy atom. The van der Waals surface area contributed by atoms with Crippen molar-refractivity contribution in [3.8, 4) is 0 Å². The largest absolute Gasteiger partial charge is 0.561 e. The summed E-state index contributed by atoms with van der Waals surface area (Å²) in [6, 6.07) is 24.6. The van der Waals surface area contributed by atoms with Crippen LogP contribution in [0.3, 0.4) is 0 Å². The summed E-state index contributed by atoms with van der Waals surface area (Å²) in [6.07, 6.45) is 0. The minimum Gasteiger partial charge on any atom is -0.561 e. The molecule has 2 aliphatic heterocycles. The highest BCUT2D eigenvalue weighted by atomic mass is 16.9. The molecular formula is C32H36B5O6-. The lowest BCUT2D eigenvalue weighted by Gasteiger charge is -2.55. The molecule has 4 aromatic rings. The quantitative estimate of drug-likeness (QED) is 0.350. The third kappa shape index (κ3) is 5.66. The van der Waals surface area contributed by atoms with Gasteiger partial charge in [-0.1, -0.05) is 117 Å². The fourth-order valence-corrected chi connectivity index (χ4v) is 6.49. The van der Waals surface area contributed by atoms with Gasteiger partial charge in [0.1, 0.15) is 0 Å². The lowest BCUT2D eigenvalue weighted by molar-refractivity contribution is 0.0870. The van der Waals surface area contributed by atoms with E-state index in [0.29, 0.717) is 0 Å². The lowest BCUT2D eigenvalue weighted by Crippen LogP contribution is -2.75. The number of hydrogen-bond acceptors (Lipinski definition) is 6. The Morgan fingerprint density at radius 3 is 0.721 bits per heavy atom. The molecule has 0 unspecified atom stereocenters. The second kappa shape index (κ2) is 11.8. The van der Waals surface area contributed by atoms with E-state index in [0.717, 1.165) is 66.4 Å². The lowest BCUT2D eigenvalue weighted by atomic mass is 9.58. The number of benzene rings is 4. The van der Waals surface area contributed by atoms with Crippen molar-refractivity contribution < 1.29 is 27.4 Å². The molecule has 6 rings (SSSR count). The molecule has 2 fully saturated rings. The van der Waals surface area contributed by atoms with Gasteiger partial charge in [-0.25, -0.2) is 0 Å². The van der Waals surface area contributed by atoms with E-state index >= 15 is 0 Å². The molecule has 1 spiro atoms. The third-order valence-electron chi connectivity index (χ3n) is 8.77. The van der Waals surface area contributed by atoms with Crippen LogP contribution in [0, 0.1) is 55.4 Å². The van der Waals surface area contributed by atoms with E-state index in [1.807, 2.05) is 24.3 Å². The first-order valence-corrected chi connectivity index (χ1v) is 15.0. The Labute approximate surface area is 257 Å². The SMILES string of the molecule is Cc1cccc(C)c1B1OB(c2c(C)cccc2C)O[B-]2(O1)OB(c1c(C)cccc1C)OB(c1c(C)cccc1C)O2. The van der Waals surface area contributed by atoms with Crippen LogP contribution >= 0.6 is 0 Å². The van der Waals surface area contributed by atoms with Crippen molar-refractivity contribution in [3.05, 3.63) is 117 Å². The topological polar surface area (TPSA) is 55.4 Å². The third-order valence-corrected chi connectivity index (χ3v) is 8.77. The Bertz CT molecular complexity index is 1350. The van der Waals surface area contributed by atoms with Gasteiger partial charge in [-0.3, -0.25) is 0 Å². The van der Waals surface area contributed by atoms with E-state index in [1.54, 1.807) is 0 Å². The van der Waals surface area contributed by atoms with Crippen LogP contribution in [-0.4, -0.2) is 35.4 Å². The van der Waals surface area contributed by atoms with Crippen LogP contribution in [0.2, 0.25) is 0 Å². The predicted octanol–water partition coefficient (Wildman–Crippen LogP) is 3.60. The monoisotopic (exact) mass is 571 g/mol. The molecule has 0 aromatic heterocycles. The molecule has 4 aromatic carbocycles. The van der Waals surface area contributed by atoms with Gasteiger partial charge in [0.25, 0.3) is 0 Å². The van der Waals surface area contributed by atoms with Gasteiger partial charge >= 0.3 is 35.4 Å². The van der Waals surface area contributed by atoms with Crippen LogP contribution in [0.5, 0.6) is 0 Å². The molecule has 2 aliphatic rings. The maximum Gasteiger partial charge on any atom is 0.481 e. The van der Waals surface area contributed by atoms with E-state index in [4.69, 9.17) is 27.4 Å². The van der Waals surface area contributed by atoms with Crippen molar-refractivity contribution in [2.75, 3.05) is 0 Å². The highest BCUT2D eigenvalue weighted by molar-refractivity contribution is 6.93. The Hall–Kier alpha value is -3.04. The van der Waals surface area contributed by atoms with Crippen LogP contribution in [0.25, 0.3) is 0 Å². The van der Waals surface area contributed by atoms with Gasteiger partial charge in [0.2, 0.25) is 0 Å². The first kappa shape index (κ1) is 30.0. The number of aryl methyl sites for hydroxylation is 8. The first-order chi connectivity index (χ1) is 20.6. The molecule has 11 heteroatoms. The fraction of sp³-hybridized carbons (Fsp3) is 0.250. The second-order valence-electron chi connectivity index (χ2n) is 11.9. The summed E-state index contributed by atoms with van der Waals surface area (Å²) in [5.74, 6) is 0. The van der Waals surface area contributed by atoms with E-state index in [-0.39, 0.29) is 0 Å². The predicted molar refractivity (Wildman–Crippen MR) is 177 cm³/mol. The van der Waals surface area contributed by atoms with Crippen molar-refractivity contribution in [1.82, 2.24) is 0 Å². The van der Waals surface area contributed by atoms with Crippen molar-refractivity contribution in [2.24, 2.45) is 0 Å². The van der Waals surface area contributed by atoms with Gasteiger partial charge in [-0.05, 0) is 77.2 Å². The molecule has 0 aliphatic carbocycles. The Kier molecular flexibility index (Phi) is 8.24. The van der Waals surface area contributed by atoms with Gasteiger partial charge in [0, 0.05) is 0 Å². The molecule has 0 bridgehead atoms. The summed E-state index contributed by atoms with van der Waals surface area (Å²) in [5, 5.41) is 0. The molecule has 0 radical (unpaired) electrons. The maximum atomic E-state index is 6.75. The summed E-state index contributed by atoms with van der Waals surface area (Å²) in [4.78, 5) is 0. The number of rotatable bonds is 4. The molecule has 216 valence electrons. The van der Waals surface area contributed by atoms with Crippen LogP contribution in [0.1, 0.15) is 44.5 Å². The number of hydrogen-bond donors (Lipinski definition) is 0. The van der Waals surface area contributed by atoms with Crippen LogP contribution in [0.4, 0.5) is 0 Å². The average Bonchev–Trinajstić information content (AvgIpc) is 2.92. The summed E-state index contributed by atoms with van der Waals surface area (Å²) < 4.78 is 40.3. The van der Waals surface area contributed by atoms with E-state index in [2.05, 4.69) is 104 Å². The van der Waals surface area contributed by atoms with Crippen molar-refractivity contribution >= 4 is 57.3 Å². The second-order valence-corrected chi connectivity index (χ2v) is 11.9.